The third-order valence-electron chi connectivity index (χ3n) is 5.65. The highest BCUT2D eigenvalue weighted by Gasteiger charge is 2.35. The van der Waals surface area contributed by atoms with Crippen LogP contribution >= 0.6 is 0 Å². The van der Waals surface area contributed by atoms with Gasteiger partial charge in [0.15, 0.2) is 5.78 Å². The molecule has 2 fully saturated rings. The molecule has 2 amide bonds. The molecule has 7 nitrogen and oxygen atoms in total. The number of Topliss-reactive ketones (excluding diaryl/α,β-unsaturated/α-hetero) is 1. The molecule has 2 heterocycles. The van der Waals surface area contributed by atoms with E-state index in [1.807, 2.05) is 36.4 Å². The molecule has 2 aliphatic rings. The molecular weight excluding hydrogens is 380 g/mol. The Morgan fingerprint density at radius 3 is 1.47 bits per heavy atom. The number of carbonyl (C=O) groups excluding carboxylic acids is 3. The average molecular weight is 406 g/mol. The lowest BCUT2D eigenvalue weighted by Crippen LogP contribution is -2.63. The van der Waals surface area contributed by atoms with E-state index >= 15 is 0 Å². The third kappa shape index (κ3) is 4.42. The van der Waals surface area contributed by atoms with E-state index in [1.54, 1.807) is 34.1 Å². The van der Waals surface area contributed by atoms with Gasteiger partial charge in [-0.05, 0) is 24.3 Å². The zero-order valence-electron chi connectivity index (χ0n) is 16.8. The molecule has 0 radical (unpaired) electrons. The first-order valence-corrected chi connectivity index (χ1v) is 10.3. The summed E-state index contributed by atoms with van der Waals surface area (Å²) in [6.45, 7) is 2.92. The van der Waals surface area contributed by atoms with Gasteiger partial charge < -0.3 is 20.4 Å². The summed E-state index contributed by atoms with van der Waals surface area (Å²) >= 11 is 0. The van der Waals surface area contributed by atoms with Crippen molar-refractivity contribution in [3.8, 4) is 0 Å². The van der Waals surface area contributed by atoms with Gasteiger partial charge >= 0.3 is 0 Å². The van der Waals surface area contributed by atoms with E-state index < -0.39 is 12.1 Å². The van der Waals surface area contributed by atoms with Gasteiger partial charge in [0.2, 0.25) is 0 Å². The Bertz CT molecular complexity index is 830. The zero-order chi connectivity index (χ0) is 20.9. The van der Waals surface area contributed by atoms with Crippen LogP contribution in [-0.4, -0.2) is 78.7 Å². The molecule has 2 unspecified atom stereocenters. The summed E-state index contributed by atoms with van der Waals surface area (Å²) in [7, 11) is 0. The van der Waals surface area contributed by atoms with Crippen molar-refractivity contribution in [2.75, 3.05) is 39.3 Å². The van der Waals surface area contributed by atoms with Crippen molar-refractivity contribution in [3.05, 3.63) is 71.8 Å². The Kier molecular flexibility index (Phi) is 6.21. The minimum absolute atomic E-state index is 0.00822. The van der Waals surface area contributed by atoms with Crippen LogP contribution in [0.3, 0.4) is 0 Å². The van der Waals surface area contributed by atoms with E-state index in [-0.39, 0.29) is 17.6 Å². The molecule has 2 aromatic carbocycles. The van der Waals surface area contributed by atoms with Crippen LogP contribution in [0.4, 0.5) is 0 Å². The summed E-state index contributed by atoms with van der Waals surface area (Å²) in [6.07, 6.45) is 0. The molecular formula is C23H26N4O3. The number of hydrogen-bond acceptors (Lipinski definition) is 5. The molecule has 0 spiro atoms. The number of amides is 2. The van der Waals surface area contributed by atoms with Gasteiger partial charge in [0, 0.05) is 50.4 Å². The fraction of sp³-hybridized carbons (Fsp3) is 0.348. The van der Waals surface area contributed by atoms with Crippen molar-refractivity contribution < 1.29 is 14.4 Å². The highest BCUT2D eigenvalue weighted by atomic mass is 16.2. The van der Waals surface area contributed by atoms with Gasteiger partial charge in [0.25, 0.3) is 11.8 Å². The van der Waals surface area contributed by atoms with Crippen LogP contribution in [-0.2, 0) is 4.79 Å². The maximum atomic E-state index is 13.2. The second kappa shape index (κ2) is 9.19. The van der Waals surface area contributed by atoms with E-state index in [0.29, 0.717) is 50.4 Å². The number of piperazine rings is 2. The summed E-state index contributed by atoms with van der Waals surface area (Å²) in [5.74, 6) is -0.133. The van der Waals surface area contributed by atoms with E-state index in [0.717, 1.165) is 0 Å². The monoisotopic (exact) mass is 406 g/mol. The standard InChI is InChI=1S/C23H26N4O3/c28-21(19-15-26(13-11-24-19)22(29)17-7-3-1-4-8-17)20-16-27(14-12-25-20)23(30)18-9-5-2-6-10-18/h1-10,19-20,24-25H,11-16H2. The van der Waals surface area contributed by atoms with Crippen molar-refractivity contribution in [1.82, 2.24) is 20.4 Å². The van der Waals surface area contributed by atoms with Crippen LogP contribution in [0.1, 0.15) is 20.7 Å². The Morgan fingerprint density at radius 1 is 0.667 bits per heavy atom. The first-order valence-electron chi connectivity index (χ1n) is 10.3. The summed E-state index contributed by atoms with van der Waals surface area (Å²) in [5.41, 5.74) is 1.25. The first-order chi connectivity index (χ1) is 14.6. The number of hydrogen-bond donors (Lipinski definition) is 2. The van der Waals surface area contributed by atoms with Gasteiger partial charge in [-0.15, -0.1) is 0 Å². The zero-order valence-corrected chi connectivity index (χ0v) is 16.8. The van der Waals surface area contributed by atoms with Gasteiger partial charge in [-0.1, -0.05) is 36.4 Å². The molecule has 7 heteroatoms. The molecule has 2 saturated heterocycles. The molecule has 2 N–H and O–H groups in total. The van der Waals surface area contributed by atoms with Crippen molar-refractivity contribution >= 4 is 17.6 Å². The van der Waals surface area contributed by atoms with Crippen LogP contribution in [0.15, 0.2) is 60.7 Å². The van der Waals surface area contributed by atoms with E-state index in [4.69, 9.17) is 0 Å². The lowest BCUT2D eigenvalue weighted by molar-refractivity contribution is -0.124. The van der Waals surface area contributed by atoms with E-state index in [2.05, 4.69) is 10.6 Å². The summed E-state index contributed by atoms with van der Waals surface area (Å²) in [6, 6.07) is 17.3. The van der Waals surface area contributed by atoms with E-state index in [1.165, 1.54) is 0 Å². The average Bonchev–Trinajstić information content (AvgIpc) is 2.84. The quantitative estimate of drug-likeness (QED) is 0.785. The molecule has 30 heavy (non-hydrogen) atoms. The number of rotatable bonds is 4. The smallest absolute Gasteiger partial charge is 0.253 e. The lowest BCUT2D eigenvalue weighted by Gasteiger charge is -2.38. The number of carbonyl (C=O) groups is 3. The summed E-state index contributed by atoms with van der Waals surface area (Å²) in [4.78, 5) is 42.1. The molecule has 4 rings (SSSR count). The van der Waals surface area contributed by atoms with Crippen molar-refractivity contribution in [2.24, 2.45) is 0 Å². The molecule has 2 atom stereocenters. The second-order valence-corrected chi connectivity index (χ2v) is 7.65. The molecule has 156 valence electrons. The lowest BCUT2D eigenvalue weighted by atomic mass is 10.00. The third-order valence-corrected chi connectivity index (χ3v) is 5.65. The number of benzene rings is 2. The highest BCUT2D eigenvalue weighted by molar-refractivity contribution is 5.97. The maximum Gasteiger partial charge on any atom is 0.253 e. The van der Waals surface area contributed by atoms with Crippen LogP contribution < -0.4 is 10.6 Å². The van der Waals surface area contributed by atoms with Gasteiger partial charge in [0.05, 0.1) is 12.1 Å². The van der Waals surface area contributed by atoms with Gasteiger partial charge in [-0.2, -0.15) is 0 Å². The maximum absolute atomic E-state index is 13.2. The Hall–Kier alpha value is -3.03. The Morgan fingerprint density at radius 2 is 1.07 bits per heavy atom. The van der Waals surface area contributed by atoms with Crippen LogP contribution in [0.5, 0.6) is 0 Å². The second-order valence-electron chi connectivity index (χ2n) is 7.65. The number of nitrogens with zero attached hydrogens (tertiary/aromatic N) is 2. The van der Waals surface area contributed by atoms with Crippen molar-refractivity contribution in [2.45, 2.75) is 12.1 Å². The van der Waals surface area contributed by atoms with Crippen molar-refractivity contribution in [3.63, 3.8) is 0 Å². The predicted octanol–water partition coefficient (Wildman–Crippen LogP) is 0.784. The molecule has 0 aromatic heterocycles. The van der Waals surface area contributed by atoms with Crippen molar-refractivity contribution in [1.29, 1.82) is 0 Å². The van der Waals surface area contributed by atoms with Crippen LogP contribution in [0.25, 0.3) is 0 Å². The van der Waals surface area contributed by atoms with Gasteiger partial charge in [-0.3, -0.25) is 14.4 Å². The first kappa shape index (κ1) is 20.3. The minimum atomic E-state index is -0.448. The van der Waals surface area contributed by atoms with Crippen LogP contribution in [0.2, 0.25) is 0 Å². The minimum Gasteiger partial charge on any atom is -0.335 e. The molecule has 2 aliphatic heterocycles. The van der Waals surface area contributed by atoms with Gasteiger partial charge in [-0.25, -0.2) is 0 Å². The summed E-state index contributed by atoms with van der Waals surface area (Å²) in [5, 5.41) is 6.48. The number of ketones is 1. The fourth-order valence-corrected chi connectivity index (χ4v) is 4.02. The van der Waals surface area contributed by atoms with Crippen LogP contribution in [0, 0.1) is 0 Å². The molecule has 2 aromatic rings. The largest absolute Gasteiger partial charge is 0.335 e. The van der Waals surface area contributed by atoms with E-state index in [9.17, 15) is 14.4 Å². The Balaban J connectivity index is 1.39. The fourth-order valence-electron chi connectivity index (χ4n) is 4.02. The summed E-state index contributed by atoms with van der Waals surface area (Å²) < 4.78 is 0. The predicted molar refractivity (Wildman–Crippen MR) is 113 cm³/mol. The number of nitrogens with one attached hydrogen (secondary N) is 2. The Labute approximate surface area is 176 Å². The van der Waals surface area contributed by atoms with Gasteiger partial charge in [0.1, 0.15) is 0 Å². The molecule has 0 bridgehead atoms. The molecule has 0 saturated carbocycles. The SMILES string of the molecule is O=C(C1CN(C(=O)c2ccccc2)CCN1)C1CN(C(=O)c2ccccc2)CCN1. The molecule has 0 aliphatic carbocycles. The normalized spacial score (nSPS) is 21.9. The highest BCUT2D eigenvalue weighted by Crippen LogP contribution is 2.12. The topological polar surface area (TPSA) is 81.8 Å².